The van der Waals surface area contributed by atoms with Crippen LogP contribution in [0.3, 0.4) is 0 Å². The maximum absolute atomic E-state index is 12.1. The monoisotopic (exact) mass is 368 g/mol. The highest BCUT2D eigenvalue weighted by molar-refractivity contribution is 9.10. The van der Waals surface area contributed by atoms with E-state index < -0.39 is 0 Å². The third-order valence-corrected chi connectivity index (χ3v) is 3.89. The van der Waals surface area contributed by atoms with Crippen molar-refractivity contribution < 1.29 is 9.53 Å². The quantitative estimate of drug-likeness (QED) is 0.845. The van der Waals surface area contributed by atoms with Gasteiger partial charge in [0.25, 0.3) is 5.91 Å². The van der Waals surface area contributed by atoms with Gasteiger partial charge in [-0.2, -0.15) is 0 Å². The second-order valence-electron chi connectivity index (χ2n) is 4.24. The highest BCUT2D eigenvalue weighted by Gasteiger charge is 2.08. The summed E-state index contributed by atoms with van der Waals surface area (Å²) >= 11 is 9.20. The van der Waals surface area contributed by atoms with Gasteiger partial charge in [-0.3, -0.25) is 4.79 Å². The molecule has 0 saturated carbocycles. The van der Waals surface area contributed by atoms with Crippen LogP contribution in [0.15, 0.2) is 46.9 Å². The van der Waals surface area contributed by atoms with Crippen LogP contribution >= 0.6 is 27.5 Å². The Morgan fingerprint density at radius 3 is 2.57 bits per heavy atom. The van der Waals surface area contributed by atoms with Gasteiger partial charge in [-0.25, -0.2) is 0 Å². The van der Waals surface area contributed by atoms with Crippen LogP contribution in [0.5, 0.6) is 5.75 Å². The molecule has 0 bridgehead atoms. The molecule has 0 aliphatic rings. The van der Waals surface area contributed by atoms with Gasteiger partial charge >= 0.3 is 0 Å². The molecule has 0 atom stereocenters. The molecule has 1 amide bonds. The fourth-order valence-electron chi connectivity index (χ4n) is 1.65. The topological polar surface area (TPSA) is 64.3 Å². The lowest BCUT2D eigenvalue weighted by molar-refractivity contribution is 0.102. The van der Waals surface area contributed by atoms with Crippen LogP contribution in [0.4, 0.5) is 5.69 Å². The van der Waals surface area contributed by atoms with Gasteiger partial charge in [0.15, 0.2) is 0 Å². The number of halogens is 2. The van der Waals surface area contributed by atoms with Crippen molar-refractivity contribution in [3.05, 3.63) is 57.5 Å². The number of amides is 1. The van der Waals surface area contributed by atoms with Gasteiger partial charge in [0.2, 0.25) is 0 Å². The number of carbonyl (C=O) groups is 1. The molecule has 2 aromatic carbocycles. The molecule has 0 spiro atoms. The molecular formula is C15H14BrClN2O2. The number of carbonyl (C=O) groups excluding carboxylic acids is 1. The third-order valence-electron chi connectivity index (χ3n) is 2.68. The Morgan fingerprint density at radius 2 is 1.95 bits per heavy atom. The minimum Gasteiger partial charge on any atom is -0.492 e. The van der Waals surface area contributed by atoms with Crippen LogP contribution in [0, 0.1) is 0 Å². The third kappa shape index (κ3) is 4.46. The summed E-state index contributed by atoms with van der Waals surface area (Å²) in [5, 5.41) is 3.37. The minimum absolute atomic E-state index is 0.206. The standard InChI is InChI=1S/C15H14BrClN2O2/c16-13-9-10(1-6-14(13)17)15(20)19-11-2-4-12(5-3-11)21-8-7-18/h1-6,9H,7-8,18H2,(H,19,20). The molecule has 0 unspecified atom stereocenters. The zero-order valence-electron chi connectivity index (χ0n) is 11.1. The smallest absolute Gasteiger partial charge is 0.255 e. The van der Waals surface area contributed by atoms with Gasteiger partial charge in [0, 0.05) is 22.3 Å². The maximum Gasteiger partial charge on any atom is 0.255 e. The Morgan fingerprint density at radius 1 is 1.24 bits per heavy atom. The van der Waals surface area contributed by atoms with E-state index in [4.69, 9.17) is 22.1 Å². The molecule has 0 aromatic heterocycles. The van der Waals surface area contributed by atoms with E-state index in [1.54, 1.807) is 42.5 Å². The van der Waals surface area contributed by atoms with Crippen LogP contribution < -0.4 is 15.8 Å². The second kappa shape index (κ2) is 7.45. The molecule has 110 valence electrons. The number of benzene rings is 2. The molecule has 21 heavy (non-hydrogen) atoms. The van der Waals surface area contributed by atoms with Crippen LogP contribution in [0.25, 0.3) is 0 Å². The van der Waals surface area contributed by atoms with Crippen molar-refractivity contribution in [2.24, 2.45) is 5.73 Å². The first-order chi connectivity index (χ1) is 10.1. The maximum atomic E-state index is 12.1. The highest BCUT2D eigenvalue weighted by atomic mass is 79.9. The van der Waals surface area contributed by atoms with Crippen molar-refractivity contribution in [2.45, 2.75) is 0 Å². The molecule has 6 heteroatoms. The van der Waals surface area contributed by atoms with Gasteiger partial charge in [-0.1, -0.05) is 11.6 Å². The number of hydrogen-bond donors (Lipinski definition) is 2. The molecule has 0 heterocycles. The predicted octanol–water partition coefficient (Wildman–Crippen LogP) is 3.69. The Labute approximate surface area is 136 Å². The van der Waals surface area contributed by atoms with Crippen molar-refractivity contribution in [1.29, 1.82) is 0 Å². The Kier molecular flexibility index (Phi) is 5.61. The average Bonchev–Trinajstić information content (AvgIpc) is 2.49. The fourth-order valence-corrected chi connectivity index (χ4v) is 2.15. The summed E-state index contributed by atoms with van der Waals surface area (Å²) < 4.78 is 6.05. The number of ether oxygens (including phenoxy) is 1. The van der Waals surface area contributed by atoms with Crippen LogP contribution in [-0.2, 0) is 0 Å². The van der Waals surface area contributed by atoms with Crippen LogP contribution in [-0.4, -0.2) is 19.1 Å². The number of hydrogen-bond acceptors (Lipinski definition) is 3. The lowest BCUT2D eigenvalue weighted by Gasteiger charge is -2.08. The minimum atomic E-state index is -0.206. The number of rotatable bonds is 5. The van der Waals surface area contributed by atoms with E-state index in [1.165, 1.54) is 0 Å². The summed E-state index contributed by atoms with van der Waals surface area (Å²) in [7, 11) is 0. The zero-order chi connectivity index (χ0) is 15.2. The average molecular weight is 370 g/mol. The SMILES string of the molecule is NCCOc1ccc(NC(=O)c2ccc(Cl)c(Br)c2)cc1. The molecule has 0 fully saturated rings. The van der Waals surface area contributed by atoms with Crippen molar-refractivity contribution in [3.63, 3.8) is 0 Å². The second-order valence-corrected chi connectivity index (χ2v) is 5.51. The van der Waals surface area contributed by atoms with Gasteiger partial charge < -0.3 is 15.8 Å². The molecule has 0 radical (unpaired) electrons. The summed E-state index contributed by atoms with van der Waals surface area (Å²) in [5.41, 5.74) is 6.57. The Hall–Kier alpha value is -1.56. The lowest BCUT2D eigenvalue weighted by Crippen LogP contribution is -2.12. The van der Waals surface area contributed by atoms with Gasteiger partial charge in [-0.15, -0.1) is 0 Å². The van der Waals surface area contributed by atoms with Gasteiger partial charge in [0.05, 0.1) is 5.02 Å². The molecule has 0 saturated heterocycles. The lowest BCUT2D eigenvalue weighted by atomic mass is 10.2. The van der Waals surface area contributed by atoms with Crippen molar-refractivity contribution in [2.75, 3.05) is 18.5 Å². The summed E-state index contributed by atoms with van der Waals surface area (Å²) in [6.07, 6.45) is 0. The van der Waals surface area contributed by atoms with Crippen LogP contribution in [0.1, 0.15) is 10.4 Å². The normalized spacial score (nSPS) is 10.2. The molecule has 0 aliphatic carbocycles. The molecule has 2 aromatic rings. The number of nitrogens with one attached hydrogen (secondary N) is 1. The molecular weight excluding hydrogens is 356 g/mol. The van der Waals surface area contributed by atoms with Gasteiger partial charge in [-0.05, 0) is 58.4 Å². The predicted molar refractivity (Wildman–Crippen MR) is 88.1 cm³/mol. The summed E-state index contributed by atoms with van der Waals surface area (Å²) in [6, 6.07) is 12.1. The Bertz CT molecular complexity index is 632. The summed E-state index contributed by atoms with van der Waals surface area (Å²) in [5.74, 6) is 0.510. The van der Waals surface area contributed by atoms with E-state index in [1.807, 2.05) is 0 Å². The van der Waals surface area contributed by atoms with Gasteiger partial charge in [0.1, 0.15) is 12.4 Å². The first-order valence-electron chi connectivity index (χ1n) is 6.29. The first-order valence-corrected chi connectivity index (χ1v) is 7.46. The number of nitrogens with two attached hydrogens (primary N) is 1. The first kappa shape index (κ1) is 15.8. The van der Waals surface area contributed by atoms with E-state index in [-0.39, 0.29) is 5.91 Å². The van der Waals surface area contributed by atoms with Crippen molar-refractivity contribution >= 4 is 39.1 Å². The molecule has 3 N–H and O–H groups in total. The van der Waals surface area contributed by atoms with E-state index in [2.05, 4.69) is 21.2 Å². The molecule has 2 rings (SSSR count). The Balaban J connectivity index is 2.03. The van der Waals surface area contributed by atoms with Crippen molar-refractivity contribution in [3.8, 4) is 5.75 Å². The van der Waals surface area contributed by atoms with Crippen LogP contribution in [0.2, 0.25) is 5.02 Å². The zero-order valence-corrected chi connectivity index (χ0v) is 13.4. The molecule has 0 aliphatic heterocycles. The number of anilines is 1. The highest BCUT2D eigenvalue weighted by Crippen LogP contribution is 2.24. The van der Waals surface area contributed by atoms with E-state index in [0.29, 0.717) is 39.6 Å². The summed E-state index contributed by atoms with van der Waals surface area (Å²) in [6.45, 7) is 0.925. The molecule has 4 nitrogen and oxygen atoms in total. The fraction of sp³-hybridized carbons (Fsp3) is 0.133. The summed E-state index contributed by atoms with van der Waals surface area (Å²) in [4.78, 5) is 12.1. The largest absolute Gasteiger partial charge is 0.492 e. The van der Waals surface area contributed by atoms with E-state index in [0.717, 1.165) is 0 Å². The van der Waals surface area contributed by atoms with E-state index >= 15 is 0 Å². The van der Waals surface area contributed by atoms with Crippen molar-refractivity contribution in [1.82, 2.24) is 0 Å². The van der Waals surface area contributed by atoms with E-state index in [9.17, 15) is 4.79 Å².